The quantitative estimate of drug-likeness (QED) is 0.643. The number of rotatable bonds is 6. The Labute approximate surface area is 143 Å². The molecule has 0 saturated carbocycles. The number of aromatic nitrogens is 2. The predicted octanol–water partition coefficient (Wildman–Crippen LogP) is 2.82. The van der Waals surface area contributed by atoms with Crippen LogP contribution in [0, 0.1) is 0 Å². The zero-order valence-corrected chi connectivity index (χ0v) is 14.0. The zero-order valence-electron chi connectivity index (χ0n) is 13.2. The number of nitrogens with one attached hydrogen (secondary N) is 2. The molecule has 1 amide bonds. The highest BCUT2D eigenvalue weighted by Gasteiger charge is 2.12. The lowest BCUT2D eigenvalue weighted by atomic mass is 10.2. The van der Waals surface area contributed by atoms with E-state index < -0.39 is 0 Å². The molecule has 7 heteroatoms. The first kappa shape index (κ1) is 16.2. The number of hydrogen-bond acceptors (Lipinski definition) is 5. The van der Waals surface area contributed by atoms with Crippen LogP contribution in [-0.2, 0) is 0 Å². The van der Waals surface area contributed by atoms with Gasteiger partial charge in [-0.3, -0.25) is 9.89 Å². The Bertz CT molecular complexity index is 796. The standard InChI is InChI=1S/C17H18N4O2S/c1-21(8-9-22)13-6-4-12(5-7-13)18-17(23)15-11-14(19-20-15)16-3-2-10-24-16/h2-7,10-11,22H,8-9H2,1H3,(H,18,23)(H,19,20). The molecule has 1 aromatic carbocycles. The van der Waals surface area contributed by atoms with Crippen LogP contribution in [0.25, 0.3) is 10.6 Å². The summed E-state index contributed by atoms with van der Waals surface area (Å²) in [5.74, 6) is -0.259. The topological polar surface area (TPSA) is 81.2 Å². The van der Waals surface area contributed by atoms with Crippen LogP contribution in [0.2, 0.25) is 0 Å². The first-order valence-corrected chi connectivity index (χ1v) is 8.38. The van der Waals surface area contributed by atoms with E-state index in [9.17, 15) is 4.79 Å². The SMILES string of the molecule is CN(CCO)c1ccc(NC(=O)c2cc(-c3cccs3)[nH]n2)cc1. The van der Waals surface area contributed by atoms with Gasteiger partial charge in [0.1, 0.15) is 0 Å². The lowest BCUT2D eigenvalue weighted by molar-refractivity contribution is 0.102. The largest absolute Gasteiger partial charge is 0.395 e. The molecule has 0 aliphatic rings. The van der Waals surface area contributed by atoms with Crippen molar-refractivity contribution in [3.63, 3.8) is 0 Å². The molecule has 0 radical (unpaired) electrons. The molecule has 24 heavy (non-hydrogen) atoms. The fraction of sp³-hybridized carbons (Fsp3) is 0.176. The highest BCUT2D eigenvalue weighted by molar-refractivity contribution is 7.13. The maximum absolute atomic E-state index is 12.3. The third-order valence-electron chi connectivity index (χ3n) is 3.60. The summed E-state index contributed by atoms with van der Waals surface area (Å²) in [5.41, 5.74) is 2.85. The smallest absolute Gasteiger partial charge is 0.276 e. The summed E-state index contributed by atoms with van der Waals surface area (Å²) in [4.78, 5) is 15.3. The second kappa shape index (κ2) is 7.29. The summed E-state index contributed by atoms with van der Waals surface area (Å²) < 4.78 is 0. The van der Waals surface area contributed by atoms with Crippen molar-refractivity contribution >= 4 is 28.6 Å². The number of thiophene rings is 1. The van der Waals surface area contributed by atoms with Crippen LogP contribution >= 0.6 is 11.3 Å². The lowest BCUT2D eigenvalue weighted by Crippen LogP contribution is -2.21. The Kier molecular flexibility index (Phi) is 4.93. The van der Waals surface area contributed by atoms with E-state index in [4.69, 9.17) is 5.11 Å². The number of carbonyl (C=O) groups excluding carboxylic acids is 1. The van der Waals surface area contributed by atoms with Gasteiger partial charge in [-0.15, -0.1) is 11.3 Å². The maximum Gasteiger partial charge on any atom is 0.276 e. The number of aliphatic hydroxyl groups excluding tert-OH is 1. The average molecular weight is 342 g/mol. The van der Waals surface area contributed by atoms with Crippen molar-refractivity contribution in [3.8, 4) is 10.6 Å². The molecule has 0 spiro atoms. The fourth-order valence-electron chi connectivity index (χ4n) is 2.27. The molecule has 3 rings (SSSR count). The molecule has 3 aromatic rings. The van der Waals surface area contributed by atoms with E-state index in [-0.39, 0.29) is 12.5 Å². The summed E-state index contributed by atoms with van der Waals surface area (Å²) in [5, 5.41) is 20.7. The zero-order chi connectivity index (χ0) is 16.9. The number of aromatic amines is 1. The summed E-state index contributed by atoms with van der Waals surface area (Å²) in [6.45, 7) is 0.658. The predicted molar refractivity (Wildman–Crippen MR) is 96.7 cm³/mol. The number of anilines is 2. The van der Waals surface area contributed by atoms with E-state index in [2.05, 4.69) is 15.5 Å². The molecule has 2 heterocycles. The number of aliphatic hydroxyl groups is 1. The van der Waals surface area contributed by atoms with Crippen LogP contribution in [-0.4, -0.2) is 41.4 Å². The second-order valence-corrected chi connectivity index (χ2v) is 6.24. The van der Waals surface area contributed by atoms with Gasteiger partial charge in [-0.2, -0.15) is 5.10 Å². The van der Waals surface area contributed by atoms with Crippen molar-refractivity contribution in [2.45, 2.75) is 0 Å². The van der Waals surface area contributed by atoms with Crippen LogP contribution in [0.15, 0.2) is 47.8 Å². The highest BCUT2D eigenvalue weighted by Crippen LogP contribution is 2.23. The minimum absolute atomic E-state index is 0.0979. The minimum Gasteiger partial charge on any atom is -0.395 e. The highest BCUT2D eigenvalue weighted by atomic mass is 32.1. The monoisotopic (exact) mass is 342 g/mol. The number of amides is 1. The van der Waals surface area contributed by atoms with E-state index in [0.29, 0.717) is 17.9 Å². The Morgan fingerprint density at radius 1 is 1.33 bits per heavy atom. The molecule has 2 aromatic heterocycles. The molecule has 6 nitrogen and oxygen atoms in total. The van der Waals surface area contributed by atoms with Crippen molar-refractivity contribution in [1.29, 1.82) is 0 Å². The number of H-pyrrole nitrogens is 1. The van der Waals surface area contributed by atoms with E-state index in [1.54, 1.807) is 17.4 Å². The van der Waals surface area contributed by atoms with Crippen LogP contribution in [0.5, 0.6) is 0 Å². The molecular formula is C17H18N4O2S. The van der Waals surface area contributed by atoms with Crippen molar-refractivity contribution in [3.05, 3.63) is 53.5 Å². The molecule has 0 saturated heterocycles. The van der Waals surface area contributed by atoms with Crippen LogP contribution in [0.1, 0.15) is 10.5 Å². The Balaban J connectivity index is 1.66. The van der Waals surface area contributed by atoms with Crippen LogP contribution in [0.4, 0.5) is 11.4 Å². The minimum atomic E-state index is -0.259. The van der Waals surface area contributed by atoms with Gasteiger partial charge in [0.2, 0.25) is 0 Å². The van der Waals surface area contributed by atoms with Gasteiger partial charge in [0.05, 0.1) is 17.2 Å². The van der Waals surface area contributed by atoms with Gasteiger partial charge < -0.3 is 15.3 Å². The van der Waals surface area contributed by atoms with Crippen molar-refractivity contribution in [2.75, 3.05) is 30.4 Å². The number of hydrogen-bond donors (Lipinski definition) is 3. The Morgan fingerprint density at radius 2 is 2.12 bits per heavy atom. The normalized spacial score (nSPS) is 10.6. The molecule has 0 atom stereocenters. The molecule has 124 valence electrons. The summed E-state index contributed by atoms with van der Waals surface area (Å²) in [6, 6.07) is 13.1. The van der Waals surface area contributed by atoms with Crippen molar-refractivity contribution in [2.24, 2.45) is 0 Å². The average Bonchev–Trinajstić information content (AvgIpc) is 3.27. The number of carbonyl (C=O) groups is 1. The molecular weight excluding hydrogens is 324 g/mol. The van der Waals surface area contributed by atoms with Gasteiger partial charge in [-0.25, -0.2) is 0 Å². The van der Waals surface area contributed by atoms with Gasteiger partial charge in [0.15, 0.2) is 5.69 Å². The molecule has 0 unspecified atom stereocenters. The Hall–Kier alpha value is -2.64. The van der Waals surface area contributed by atoms with Crippen molar-refractivity contribution < 1.29 is 9.90 Å². The fourth-order valence-corrected chi connectivity index (χ4v) is 2.96. The van der Waals surface area contributed by atoms with Gasteiger partial charge in [-0.05, 0) is 41.8 Å². The van der Waals surface area contributed by atoms with E-state index in [1.807, 2.05) is 53.7 Å². The summed E-state index contributed by atoms with van der Waals surface area (Å²) >= 11 is 1.59. The summed E-state index contributed by atoms with van der Waals surface area (Å²) in [7, 11) is 1.90. The Morgan fingerprint density at radius 3 is 2.79 bits per heavy atom. The summed E-state index contributed by atoms with van der Waals surface area (Å²) in [6.07, 6.45) is 0. The van der Waals surface area contributed by atoms with E-state index in [1.165, 1.54) is 0 Å². The number of likely N-dealkylation sites (N-methyl/N-ethyl adjacent to an activating group) is 1. The lowest BCUT2D eigenvalue weighted by Gasteiger charge is -2.18. The van der Waals surface area contributed by atoms with Gasteiger partial charge in [0, 0.05) is 25.0 Å². The van der Waals surface area contributed by atoms with E-state index in [0.717, 1.165) is 16.3 Å². The van der Waals surface area contributed by atoms with Crippen LogP contribution in [0.3, 0.4) is 0 Å². The molecule has 0 aliphatic carbocycles. The van der Waals surface area contributed by atoms with Crippen LogP contribution < -0.4 is 10.2 Å². The second-order valence-electron chi connectivity index (χ2n) is 5.29. The van der Waals surface area contributed by atoms with Gasteiger partial charge in [0.25, 0.3) is 5.91 Å². The molecule has 0 bridgehead atoms. The number of benzene rings is 1. The molecule has 0 aliphatic heterocycles. The van der Waals surface area contributed by atoms with Gasteiger partial charge >= 0.3 is 0 Å². The van der Waals surface area contributed by atoms with Gasteiger partial charge in [-0.1, -0.05) is 6.07 Å². The third kappa shape index (κ3) is 3.64. The first-order valence-electron chi connectivity index (χ1n) is 7.50. The molecule has 0 fully saturated rings. The van der Waals surface area contributed by atoms with Crippen molar-refractivity contribution in [1.82, 2.24) is 10.2 Å². The third-order valence-corrected chi connectivity index (χ3v) is 4.50. The number of nitrogens with zero attached hydrogens (tertiary/aromatic N) is 2. The molecule has 3 N–H and O–H groups in total. The first-order chi connectivity index (χ1) is 11.7. The maximum atomic E-state index is 12.3. The van der Waals surface area contributed by atoms with E-state index >= 15 is 0 Å².